The Bertz CT molecular complexity index is 1210. The maximum Gasteiger partial charge on any atom is 0.230 e. The Labute approximate surface area is 220 Å². The number of aromatic nitrogens is 2. The average Bonchev–Trinajstić information content (AvgIpc) is 2.93. The van der Waals surface area contributed by atoms with Gasteiger partial charge in [-0.1, -0.05) is 37.5 Å². The van der Waals surface area contributed by atoms with Crippen LogP contribution in [0.5, 0.6) is 0 Å². The number of piperidine rings is 1. The zero-order valence-electron chi connectivity index (χ0n) is 22.5. The van der Waals surface area contributed by atoms with Crippen LogP contribution in [0.2, 0.25) is 0 Å². The van der Waals surface area contributed by atoms with Crippen molar-refractivity contribution in [1.29, 1.82) is 0 Å². The summed E-state index contributed by atoms with van der Waals surface area (Å²) in [6, 6.07) is 15.2. The van der Waals surface area contributed by atoms with Gasteiger partial charge in [0.05, 0.1) is 5.52 Å². The van der Waals surface area contributed by atoms with Crippen LogP contribution in [0.25, 0.3) is 10.9 Å². The molecule has 0 bridgehead atoms. The number of fused-ring (bicyclic) bond motifs is 1. The average molecular weight is 501 g/mol. The number of amides is 1. The van der Waals surface area contributed by atoms with E-state index < -0.39 is 0 Å². The fourth-order valence-corrected chi connectivity index (χ4v) is 5.65. The SMILES string of the molecule is Cc1ccc2c(NCc3ccc(N(C(=O)C4CCNCC4)C4CCCCC4)cc3)nc(N(C)C)nc2c1. The number of nitrogens with one attached hydrogen (secondary N) is 2. The molecule has 0 radical (unpaired) electrons. The molecular formula is C30H40N6O. The number of hydrogen-bond acceptors (Lipinski definition) is 6. The Morgan fingerprint density at radius 1 is 0.973 bits per heavy atom. The van der Waals surface area contributed by atoms with Crippen LogP contribution >= 0.6 is 0 Å². The number of carbonyl (C=O) groups is 1. The fourth-order valence-electron chi connectivity index (χ4n) is 5.65. The van der Waals surface area contributed by atoms with Gasteiger partial charge in [-0.15, -0.1) is 0 Å². The van der Waals surface area contributed by atoms with E-state index in [4.69, 9.17) is 9.97 Å². The summed E-state index contributed by atoms with van der Waals surface area (Å²) in [5.74, 6) is 1.97. The molecule has 196 valence electrons. The van der Waals surface area contributed by atoms with Crippen LogP contribution in [0.1, 0.15) is 56.1 Å². The van der Waals surface area contributed by atoms with Crippen molar-refractivity contribution < 1.29 is 4.79 Å². The molecule has 37 heavy (non-hydrogen) atoms. The second-order valence-corrected chi connectivity index (χ2v) is 10.8. The van der Waals surface area contributed by atoms with E-state index in [1.165, 1.54) is 24.8 Å². The Morgan fingerprint density at radius 3 is 2.41 bits per heavy atom. The molecule has 1 aliphatic heterocycles. The zero-order chi connectivity index (χ0) is 25.8. The molecule has 1 aliphatic carbocycles. The highest BCUT2D eigenvalue weighted by Gasteiger charge is 2.32. The van der Waals surface area contributed by atoms with Gasteiger partial charge in [0.15, 0.2) is 0 Å². The molecule has 2 N–H and O–H groups in total. The van der Waals surface area contributed by atoms with Crippen LogP contribution in [-0.4, -0.2) is 49.1 Å². The number of benzene rings is 2. The maximum absolute atomic E-state index is 13.7. The third-order valence-corrected chi connectivity index (χ3v) is 7.78. The van der Waals surface area contributed by atoms with E-state index in [2.05, 4.69) is 64.9 Å². The Morgan fingerprint density at radius 2 is 1.70 bits per heavy atom. The lowest BCUT2D eigenvalue weighted by Crippen LogP contribution is -2.47. The molecule has 0 atom stereocenters. The van der Waals surface area contributed by atoms with Crippen LogP contribution in [0.15, 0.2) is 42.5 Å². The van der Waals surface area contributed by atoms with Gasteiger partial charge in [0.1, 0.15) is 5.82 Å². The molecule has 3 aromatic rings. The summed E-state index contributed by atoms with van der Waals surface area (Å²) >= 11 is 0. The van der Waals surface area contributed by atoms with Gasteiger partial charge in [0.2, 0.25) is 11.9 Å². The molecule has 2 fully saturated rings. The molecule has 0 spiro atoms. The fraction of sp³-hybridized carbons (Fsp3) is 0.500. The minimum absolute atomic E-state index is 0.130. The predicted octanol–water partition coefficient (Wildman–Crippen LogP) is 5.28. The standard InChI is InChI=1S/C30H40N6O/c1-21-9-14-26-27(19-21)33-30(35(2)3)34-28(26)32-20-22-10-12-25(13-11-22)36(24-7-5-4-6-8-24)29(37)23-15-17-31-18-16-23/h9-14,19,23-24,31H,4-8,15-18,20H2,1-3H3,(H,32,33,34). The lowest BCUT2D eigenvalue weighted by atomic mass is 9.90. The van der Waals surface area contributed by atoms with Crippen molar-refractivity contribution in [3.8, 4) is 0 Å². The van der Waals surface area contributed by atoms with Gasteiger partial charge in [-0.2, -0.15) is 4.98 Å². The topological polar surface area (TPSA) is 73.4 Å². The number of anilines is 3. The van der Waals surface area contributed by atoms with Gasteiger partial charge in [-0.3, -0.25) is 4.79 Å². The van der Waals surface area contributed by atoms with E-state index in [1.54, 1.807) is 0 Å². The van der Waals surface area contributed by atoms with Crippen LogP contribution in [0.3, 0.4) is 0 Å². The first-order valence-electron chi connectivity index (χ1n) is 13.8. The smallest absolute Gasteiger partial charge is 0.230 e. The molecular weight excluding hydrogens is 460 g/mol. The maximum atomic E-state index is 13.7. The molecule has 1 aromatic heterocycles. The van der Waals surface area contributed by atoms with Crippen molar-refractivity contribution in [2.45, 2.75) is 64.5 Å². The Kier molecular flexibility index (Phi) is 7.89. The van der Waals surface area contributed by atoms with Crippen molar-refractivity contribution in [2.75, 3.05) is 42.3 Å². The molecule has 2 heterocycles. The van der Waals surface area contributed by atoms with Crippen molar-refractivity contribution in [2.24, 2.45) is 5.92 Å². The summed E-state index contributed by atoms with van der Waals surface area (Å²) in [5.41, 5.74) is 4.32. The number of hydrogen-bond donors (Lipinski definition) is 2. The van der Waals surface area contributed by atoms with Crippen LogP contribution in [0, 0.1) is 12.8 Å². The van der Waals surface area contributed by atoms with Gasteiger partial charge in [-0.05, 0) is 81.1 Å². The molecule has 1 saturated heterocycles. The molecule has 2 aromatic carbocycles. The highest BCUT2D eigenvalue weighted by molar-refractivity contribution is 5.96. The largest absolute Gasteiger partial charge is 0.365 e. The van der Waals surface area contributed by atoms with Gasteiger partial charge in [0.25, 0.3) is 0 Å². The number of aryl methyl sites for hydroxylation is 1. The zero-order valence-corrected chi connectivity index (χ0v) is 22.5. The van der Waals surface area contributed by atoms with Crippen molar-refractivity contribution >= 4 is 34.3 Å². The highest BCUT2D eigenvalue weighted by Crippen LogP contribution is 2.31. The van der Waals surface area contributed by atoms with E-state index in [0.29, 0.717) is 24.4 Å². The van der Waals surface area contributed by atoms with Crippen LogP contribution in [-0.2, 0) is 11.3 Å². The van der Waals surface area contributed by atoms with Crippen molar-refractivity contribution in [3.05, 3.63) is 53.6 Å². The summed E-state index contributed by atoms with van der Waals surface area (Å²) in [7, 11) is 3.92. The third kappa shape index (κ3) is 5.87. The van der Waals surface area contributed by atoms with Gasteiger partial charge >= 0.3 is 0 Å². The second-order valence-electron chi connectivity index (χ2n) is 10.8. The predicted molar refractivity (Wildman–Crippen MR) is 152 cm³/mol. The first kappa shape index (κ1) is 25.5. The third-order valence-electron chi connectivity index (χ3n) is 7.78. The normalized spacial score (nSPS) is 17.1. The summed E-state index contributed by atoms with van der Waals surface area (Å²) in [6.45, 7) is 4.61. The number of nitrogens with zero attached hydrogens (tertiary/aromatic N) is 4. The minimum Gasteiger partial charge on any atom is -0.365 e. The summed E-state index contributed by atoms with van der Waals surface area (Å²) in [4.78, 5) is 27.3. The van der Waals surface area contributed by atoms with Gasteiger partial charge in [0, 0.05) is 43.7 Å². The van der Waals surface area contributed by atoms with E-state index in [-0.39, 0.29) is 5.92 Å². The van der Waals surface area contributed by atoms with E-state index in [0.717, 1.165) is 66.7 Å². The van der Waals surface area contributed by atoms with E-state index in [1.807, 2.05) is 19.0 Å². The highest BCUT2D eigenvalue weighted by atomic mass is 16.2. The molecule has 1 amide bonds. The minimum atomic E-state index is 0.130. The molecule has 5 rings (SSSR count). The quantitative estimate of drug-likeness (QED) is 0.460. The van der Waals surface area contributed by atoms with Crippen molar-refractivity contribution in [3.63, 3.8) is 0 Å². The molecule has 7 heteroatoms. The van der Waals surface area contributed by atoms with E-state index in [9.17, 15) is 4.79 Å². The van der Waals surface area contributed by atoms with Gasteiger partial charge in [-0.25, -0.2) is 4.98 Å². The van der Waals surface area contributed by atoms with Crippen LogP contribution in [0.4, 0.5) is 17.5 Å². The molecule has 7 nitrogen and oxygen atoms in total. The lowest BCUT2D eigenvalue weighted by Gasteiger charge is -2.37. The number of carbonyl (C=O) groups excluding carboxylic acids is 1. The first-order chi connectivity index (χ1) is 18.0. The molecule has 2 aliphatic rings. The first-order valence-corrected chi connectivity index (χ1v) is 13.8. The van der Waals surface area contributed by atoms with Crippen LogP contribution < -0.4 is 20.4 Å². The number of rotatable bonds is 7. The molecule has 1 saturated carbocycles. The Balaban J connectivity index is 1.35. The second kappa shape index (κ2) is 11.5. The molecule has 0 unspecified atom stereocenters. The van der Waals surface area contributed by atoms with Crippen molar-refractivity contribution in [1.82, 2.24) is 15.3 Å². The van der Waals surface area contributed by atoms with E-state index >= 15 is 0 Å². The van der Waals surface area contributed by atoms with Gasteiger partial charge < -0.3 is 20.4 Å². The lowest BCUT2D eigenvalue weighted by molar-refractivity contribution is -0.123. The monoisotopic (exact) mass is 500 g/mol. The summed E-state index contributed by atoms with van der Waals surface area (Å²) in [6.07, 6.45) is 7.79. The summed E-state index contributed by atoms with van der Waals surface area (Å²) < 4.78 is 0. The Hall–Kier alpha value is -3.19. The summed E-state index contributed by atoms with van der Waals surface area (Å²) in [5, 5.41) is 7.95.